The summed E-state index contributed by atoms with van der Waals surface area (Å²) in [7, 11) is 0. The lowest BCUT2D eigenvalue weighted by molar-refractivity contribution is -0.135. The number of rotatable bonds is 3. The number of nitrogens with zero attached hydrogens (tertiary/aromatic N) is 1. The summed E-state index contributed by atoms with van der Waals surface area (Å²) in [4.78, 5) is 14.8. The number of likely N-dealkylation sites (tertiary alicyclic amines) is 1. The second-order valence-corrected chi connectivity index (χ2v) is 5.96. The van der Waals surface area contributed by atoms with Crippen LogP contribution in [-0.2, 0) is 10.2 Å². The third-order valence-electron chi connectivity index (χ3n) is 4.82. The van der Waals surface area contributed by atoms with Crippen LogP contribution >= 0.6 is 0 Å². The molecule has 0 aromatic heterocycles. The zero-order chi connectivity index (χ0) is 13.5. The summed E-state index contributed by atoms with van der Waals surface area (Å²) in [5, 5.41) is 9.52. The van der Waals surface area contributed by atoms with E-state index in [0.29, 0.717) is 5.92 Å². The van der Waals surface area contributed by atoms with Gasteiger partial charge in [-0.1, -0.05) is 37.3 Å². The number of carbonyl (C=O) groups is 1. The maximum absolute atomic E-state index is 12.9. The van der Waals surface area contributed by atoms with Crippen LogP contribution in [0.25, 0.3) is 0 Å². The highest BCUT2D eigenvalue weighted by Crippen LogP contribution is 2.50. The van der Waals surface area contributed by atoms with Crippen molar-refractivity contribution in [2.75, 3.05) is 13.2 Å². The SMILES string of the molecule is CC1CCN(C(=O)C2(c3ccccc3)CC2)C1CO. The molecule has 1 aromatic rings. The summed E-state index contributed by atoms with van der Waals surface area (Å²) < 4.78 is 0. The Hall–Kier alpha value is -1.35. The summed E-state index contributed by atoms with van der Waals surface area (Å²) in [5.41, 5.74) is 0.842. The van der Waals surface area contributed by atoms with E-state index in [1.165, 1.54) is 0 Å². The second-order valence-electron chi connectivity index (χ2n) is 5.96. The number of hydrogen-bond donors (Lipinski definition) is 1. The molecule has 2 unspecified atom stereocenters. The van der Waals surface area contributed by atoms with E-state index in [4.69, 9.17) is 0 Å². The van der Waals surface area contributed by atoms with Crippen LogP contribution in [0.1, 0.15) is 31.7 Å². The summed E-state index contributed by atoms with van der Waals surface area (Å²) >= 11 is 0. The Labute approximate surface area is 114 Å². The molecule has 1 heterocycles. The fourth-order valence-electron chi connectivity index (χ4n) is 3.32. The van der Waals surface area contributed by atoms with E-state index in [0.717, 1.165) is 31.4 Å². The van der Waals surface area contributed by atoms with E-state index in [1.807, 2.05) is 23.1 Å². The van der Waals surface area contributed by atoms with Gasteiger partial charge < -0.3 is 10.0 Å². The van der Waals surface area contributed by atoms with Crippen molar-refractivity contribution in [1.82, 2.24) is 4.90 Å². The lowest BCUT2D eigenvalue weighted by Gasteiger charge is -2.29. The molecule has 2 fully saturated rings. The molecule has 1 aromatic carbocycles. The van der Waals surface area contributed by atoms with Gasteiger partial charge in [-0.05, 0) is 30.7 Å². The van der Waals surface area contributed by atoms with Crippen molar-refractivity contribution in [3.63, 3.8) is 0 Å². The summed E-state index contributed by atoms with van der Waals surface area (Å²) in [6.45, 7) is 2.99. The van der Waals surface area contributed by atoms with Gasteiger partial charge in [0.1, 0.15) is 0 Å². The monoisotopic (exact) mass is 259 g/mol. The first kappa shape index (κ1) is 12.7. The molecule has 1 aliphatic heterocycles. The number of aliphatic hydroxyl groups excluding tert-OH is 1. The molecule has 0 bridgehead atoms. The summed E-state index contributed by atoms with van der Waals surface area (Å²) in [5.74, 6) is 0.627. The van der Waals surface area contributed by atoms with E-state index in [1.54, 1.807) is 0 Å². The van der Waals surface area contributed by atoms with Gasteiger partial charge in [0.25, 0.3) is 0 Å². The van der Waals surface area contributed by atoms with E-state index < -0.39 is 0 Å². The van der Waals surface area contributed by atoms with E-state index in [-0.39, 0.29) is 24.0 Å². The first-order chi connectivity index (χ1) is 9.19. The van der Waals surface area contributed by atoms with Gasteiger partial charge in [0, 0.05) is 6.54 Å². The average molecular weight is 259 g/mol. The molecule has 1 N–H and O–H groups in total. The zero-order valence-electron chi connectivity index (χ0n) is 11.4. The van der Waals surface area contributed by atoms with Gasteiger partial charge in [-0.3, -0.25) is 4.79 Å². The molecule has 102 valence electrons. The first-order valence-corrected chi connectivity index (χ1v) is 7.16. The average Bonchev–Trinajstić information content (AvgIpc) is 3.17. The van der Waals surface area contributed by atoms with Crippen molar-refractivity contribution in [1.29, 1.82) is 0 Å². The van der Waals surface area contributed by atoms with Crippen LogP contribution in [0.4, 0.5) is 0 Å². The van der Waals surface area contributed by atoms with Gasteiger partial charge >= 0.3 is 0 Å². The van der Waals surface area contributed by atoms with Crippen LogP contribution < -0.4 is 0 Å². The quantitative estimate of drug-likeness (QED) is 0.901. The van der Waals surface area contributed by atoms with Crippen molar-refractivity contribution in [3.8, 4) is 0 Å². The molecule has 1 amide bonds. The maximum Gasteiger partial charge on any atom is 0.233 e. The van der Waals surface area contributed by atoms with Gasteiger partial charge in [-0.2, -0.15) is 0 Å². The largest absolute Gasteiger partial charge is 0.394 e. The lowest BCUT2D eigenvalue weighted by Crippen LogP contribution is -2.45. The highest BCUT2D eigenvalue weighted by Gasteiger charge is 2.54. The van der Waals surface area contributed by atoms with E-state index in [9.17, 15) is 9.90 Å². The Kier molecular flexibility index (Phi) is 3.09. The van der Waals surface area contributed by atoms with Crippen molar-refractivity contribution in [2.24, 2.45) is 5.92 Å². The number of hydrogen-bond acceptors (Lipinski definition) is 2. The minimum absolute atomic E-state index is 0.00804. The molecular formula is C16H21NO2. The molecule has 1 saturated heterocycles. The van der Waals surface area contributed by atoms with Gasteiger partial charge in [-0.15, -0.1) is 0 Å². The lowest BCUT2D eigenvalue weighted by atomic mass is 9.93. The normalized spacial score (nSPS) is 28.4. The highest BCUT2D eigenvalue weighted by atomic mass is 16.3. The standard InChI is InChI=1S/C16H21NO2/c1-12-7-10-17(14(12)11-18)15(19)16(8-9-16)13-5-3-2-4-6-13/h2-6,12,14,18H,7-11H2,1H3. The molecule has 1 aliphatic carbocycles. The zero-order valence-corrected chi connectivity index (χ0v) is 11.4. The summed E-state index contributed by atoms with van der Waals surface area (Å²) in [6, 6.07) is 10.1. The maximum atomic E-state index is 12.9. The molecule has 1 saturated carbocycles. The topological polar surface area (TPSA) is 40.5 Å². The molecule has 0 radical (unpaired) electrons. The van der Waals surface area contributed by atoms with Crippen molar-refractivity contribution in [2.45, 2.75) is 37.6 Å². The van der Waals surface area contributed by atoms with Crippen molar-refractivity contribution < 1.29 is 9.90 Å². The molecule has 3 heteroatoms. The third kappa shape index (κ3) is 1.96. The Balaban J connectivity index is 1.85. The van der Waals surface area contributed by atoms with Crippen LogP contribution in [0, 0.1) is 5.92 Å². The van der Waals surface area contributed by atoms with E-state index >= 15 is 0 Å². The molecule has 19 heavy (non-hydrogen) atoms. The highest BCUT2D eigenvalue weighted by molar-refractivity contribution is 5.91. The van der Waals surface area contributed by atoms with Crippen LogP contribution in [0.15, 0.2) is 30.3 Å². The molecular weight excluding hydrogens is 238 g/mol. The molecule has 3 nitrogen and oxygen atoms in total. The predicted octanol–water partition coefficient (Wildman–Crippen LogP) is 1.95. The van der Waals surface area contributed by atoms with E-state index in [2.05, 4.69) is 19.1 Å². The van der Waals surface area contributed by atoms with Crippen LogP contribution in [0.5, 0.6) is 0 Å². The Morgan fingerprint density at radius 3 is 2.63 bits per heavy atom. The minimum Gasteiger partial charge on any atom is -0.394 e. The second kappa shape index (κ2) is 4.64. The Morgan fingerprint density at radius 1 is 1.37 bits per heavy atom. The fourth-order valence-corrected chi connectivity index (χ4v) is 3.32. The first-order valence-electron chi connectivity index (χ1n) is 7.16. The van der Waals surface area contributed by atoms with Crippen molar-refractivity contribution >= 4 is 5.91 Å². The van der Waals surface area contributed by atoms with Crippen molar-refractivity contribution in [3.05, 3.63) is 35.9 Å². The minimum atomic E-state index is -0.293. The Bertz CT molecular complexity index is 467. The molecule has 2 atom stereocenters. The number of aliphatic hydroxyl groups is 1. The van der Waals surface area contributed by atoms with Crippen LogP contribution in [0.2, 0.25) is 0 Å². The van der Waals surface area contributed by atoms with Gasteiger partial charge in [0.2, 0.25) is 5.91 Å². The number of carbonyl (C=O) groups excluding carboxylic acids is 1. The Morgan fingerprint density at radius 2 is 2.05 bits per heavy atom. The number of amides is 1. The molecule has 2 aliphatic rings. The number of benzene rings is 1. The van der Waals surface area contributed by atoms with Gasteiger partial charge in [-0.25, -0.2) is 0 Å². The predicted molar refractivity (Wildman–Crippen MR) is 73.7 cm³/mol. The van der Waals surface area contributed by atoms with Gasteiger partial charge in [0.15, 0.2) is 0 Å². The fraction of sp³-hybridized carbons (Fsp3) is 0.562. The molecule has 0 spiro atoms. The smallest absolute Gasteiger partial charge is 0.233 e. The van der Waals surface area contributed by atoms with Crippen LogP contribution in [-0.4, -0.2) is 35.1 Å². The van der Waals surface area contributed by atoms with Gasteiger partial charge in [0.05, 0.1) is 18.1 Å². The van der Waals surface area contributed by atoms with Crippen LogP contribution in [0.3, 0.4) is 0 Å². The summed E-state index contributed by atoms with van der Waals surface area (Å²) in [6.07, 6.45) is 2.89. The molecule has 3 rings (SSSR count). The third-order valence-corrected chi connectivity index (χ3v) is 4.82.